The van der Waals surface area contributed by atoms with Crippen LogP contribution in [-0.4, -0.2) is 12.1 Å². The van der Waals surface area contributed by atoms with E-state index < -0.39 is 0 Å². The lowest BCUT2D eigenvalue weighted by atomic mass is 9.68. The van der Waals surface area contributed by atoms with Crippen molar-refractivity contribution in [2.75, 3.05) is 0 Å². The van der Waals surface area contributed by atoms with Crippen LogP contribution in [0.25, 0.3) is 0 Å². The van der Waals surface area contributed by atoms with Gasteiger partial charge in [0, 0.05) is 12.8 Å². The van der Waals surface area contributed by atoms with Crippen molar-refractivity contribution in [3.63, 3.8) is 0 Å². The first-order chi connectivity index (χ1) is 8.86. The van der Waals surface area contributed by atoms with Crippen molar-refractivity contribution in [3.05, 3.63) is 23.8 Å². The topological polar surface area (TPSA) is 26.3 Å². The van der Waals surface area contributed by atoms with E-state index in [1.54, 1.807) is 0 Å². The molecular formula is C17H28O2. The van der Waals surface area contributed by atoms with E-state index in [0.29, 0.717) is 11.3 Å². The zero-order valence-corrected chi connectivity index (χ0v) is 13.0. The molecule has 0 spiro atoms. The number of hydrogen-bond acceptors (Lipinski definition) is 2. The monoisotopic (exact) mass is 264 g/mol. The molecule has 2 heteroatoms. The average molecular weight is 264 g/mol. The number of esters is 1. The lowest BCUT2D eigenvalue weighted by molar-refractivity contribution is -0.144. The molecule has 0 aromatic heterocycles. The van der Waals surface area contributed by atoms with Crippen LogP contribution < -0.4 is 0 Å². The first-order valence-electron chi connectivity index (χ1n) is 7.39. The first kappa shape index (κ1) is 16.0. The number of ether oxygens (including phenoxy) is 1. The number of carbonyl (C=O) groups is 1. The molecule has 19 heavy (non-hydrogen) atoms. The Balaban J connectivity index is 2.78. The maximum absolute atomic E-state index is 11.1. The van der Waals surface area contributed by atoms with Crippen LogP contribution in [0.5, 0.6) is 0 Å². The molecule has 0 saturated heterocycles. The summed E-state index contributed by atoms with van der Waals surface area (Å²) in [6.07, 6.45) is 10.9. The summed E-state index contributed by atoms with van der Waals surface area (Å²) in [5.74, 6) is 0.259. The first-order valence-corrected chi connectivity index (χ1v) is 7.39. The Morgan fingerprint density at radius 2 is 2.26 bits per heavy atom. The van der Waals surface area contributed by atoms with Crippen LogP contribution in [-0.2, 0) is 9.53 Å². The molecule has 0 aromatic rings. The highest BCUT2D eigenvalue weighted by Crippen LogP contribution is 2.41. The van der Waals surface area contributed by atoms with Gasteiger partial charge < -0.3 is 4.74 Å². The number of hydrogen-bond donors (Lipinski definition) is 0. The molecule has 0 heterocycles. The van der Waals surface area contributed by atoms with E-state index >= 15 is 0 Å². The standard InChI is InChI=1S/C17H28O2/c1-6-8-15(19-14(3)18)10-11-16-13(2)9-7-12-17(16,4)5/h9-11,15-16H,6-8,12H2,1-5H3/t15-,16+/m1/s1. The molecule has 1 aliphatic carbocycles. The third kappa shape index (κ3) is 4.85. The molecule has 0 N–H and O–H groups in total. The average Bonchev–Trinajstić information content (AvgIpc) is 2.26. The van der Waals surface area contributed by atoms with Crippen molar-refractivity contribution in [3.8, 4) is 0 Å². The van der Waals surface area contributed by atoms with Gasteiger partial charge in [-0.2, -0.15) is 0 Å². The van der Waals surface area contributed by atoms with E-state index in [1.165, 1.54) is 25.3 Å². The van der Waals surface area contributed by atoms with Gasteiger partial charge >= 0.3 is 5.97 Å². The quantitative estimate of drug-likeness (QED) is 0.533. The highest BCUT2D eigenvalue weighted by Gasteiger charge is 2.30. The number of carbonyl (C=O) groups excluding carboxylic acids is 1. The van der Waals surface area contributed by atoms with Crippen LogP contribution in [0.4, 0.5) is 0 Å². The molecule has 108 valence electrons. The maximum atomic E-state index is 11.1. The molecule has 1 aliphatic rings. The highest BCUT2D eigenvalue weighted by atomic mass is 16.5. The second-order valence-electron chi connectivity index (χ2n) is 6.27. The molecule has 2 nitrogen and oxygen atoms in total. The van der Waals surface area contributed by atoms with Gasteiger partial charge in [-0.15, -0.1) is 0 Å². The van der Waals surface area contributed by atoms with Crippen molar-refractivity contribution in [1.82, 2.24) is 0 Å². The van der Waals surface area contributed by atoms with E-state index in [2.05, 4.69) is 45.9 Å². The molecule has 0 aliphatic heterocycles. The van der Waals surface area contributed by atoms with E-state index in [-0.39, 0.29) is 12.1 Å². The van der Waals surface area contributed by atoms with Gasteiger partial charge in [-0.1, -0.05) is 44.9 Å². The zero-order valence-electron chi connectivity index (χ0n) is 13.0. The third-order valence-corrected chi connectivity index (χ3v) is 4.00. The van der Waals surface area contributed by atoms with Crippen LogP contribution in [0, 0.1) is 11.3 Å². The summed E-state index contributed by atoms with van der Waals surface area (Å²) in [4.78, 5) is 11.1. The highest BCUT2D eigenvalue weighted by molar-refractivity contribution is 5.66. The lowest BCUT2D eigenvalue weighted by Crippen LogP contribution is -2.26. The molecule has 0 fully saturated rings. The van der Waals surface area contributed by atoms with Gasteiger partial charge in [-0.05, 0) is 37.7 Å². The predicted molar refractivity (Wildman–Crippen MR) is 79.9 cm³/mol. The Labute approximate surface area is 117 Å². The molecule has 1 rings (SSSR count). The lowest BCUT2D eigenvalue weighted by Gasteiger charge is -2.37. The normalized spacial score (nSPS) is 24.1. The Hall–Kier alpha value is -1.05. The second-order valence-corrected chi connectivity index (χ2v) is 6.27. The summed E-state index contributed by atoms with van der Waals surface area (Å²) in [6.45, 7) is 10.4. The summed E-state index contributed by atoms with van der Waals surface area (Å²) < 4.78 is 5.34. The Kier molecular flexibility index (Phi) is 5.84. The minimum Gasteiger partial charge on any atom is -0.458 e. The van der Waals surface area contributed by atoms with Gasteiger partial charge in [0.1, 0.15) is 6.10 Å². The van der Waals surface area contributed by atoms with E-state index in [9.17, 15) is 4.79 Å². The van der Waals surface area contributed by atoms with Gasteiger partial charge in [0.05, 0.1) is 0 Å². The fourth-order valence-corrected chi connectivity index (χ4v) is 2.91. The van der Waals surface area contributed by atoms with E-state index in [1.807, 2.05) is 0 Å². The smallest absolute Gasteiger partial charge is 0.303 e. The molecule has 0 amide bonds. The van der Waals surface area contributed by atoms with E-state index in [0.717, 1.165) is 12.8 Å². The summed E-state index contributed by atoms with van der Waals surface area (Å²) in [5.41, 5.74) is 1.73. The Bertz CT molecular complexity index is 363. The van der Waals surface area contributed by atoms with Crippen molar-refractivity contribution in [2.24, 2.45) is 11.3 Å². The minimum atomic E-state index is -0.196. The fourth-order valence-electron chi connectivity index (χ4n) is 2.91. The SMILES string of the molecule is CCC[C@H](C=C[C@H]1C(C)=CCCC1(C)C)OC(C)=O. The molecule has 0 saturated carbocycles. The minimum absolute atomic E-state index is 0.0759. The summed E-state index contributed by atoms with van der Waals surface area (Å²) in [7, 11) is 0. The fraction of sp³-hybridized carbons (Fsp3) is 0.706. The van der Waals surface area contributed by atoms with Crippen LogP contribution in [0.2, 0.25) is 0 Å². The van der Waals surface area contributed by atoms with Crippen LogP contribution in [0.1, 0.15) is 60.3 Å². The Morgan fingerprint density at radius 1 is 1.58 bits per heavy atom. The second kappa shape index (κ2) is 6.93. The zero-order chi connectivity index (χ0) is 14.5. The number of rotatable bonds is 5. The summed E-state index contributed by atoms with van der Waals surface area (Å²) in [6, 6.07) is 0. The molecule has 0 aromatic carbocycles. The molecule has 2 atom stereocenters. The van der Waals surface area contributed by atoms with Gasteiger partial charge in [-0.25, -0.2) is 0 Å². The third-order valence-electron chi connectivity index (χ3n) is 4.00. The molecule has 0 bridgehead atoms. The largest absolute Gasteiger partial charge is 0.458 e. The Morgan fingerprint density at radius 3 is 2.79 bits per heavy atom. The van der Waals surface area contributed by atoms with Gasteiger partial charge in [-0.3, -0.25) is 4.79 Å². The van der Waals surface area contributed by atoms with Crippen LogP contribution in [0.3, 0.4) is 0 Å². The van der Waals surface area contributed by atoms with Crippen molar-refractivity contribution >= 4 is 5.97 Å². The van der Waals surface area contributed by atoms with Crippen molar-refractivity contribution in [1.29, 1.82) is 0 Å². The number of allylic oxidation sites excluding steroid dienone is 3. The summed E-state index contributed by atoms with van der Waals surface area (Å²) >= 11 is 0. The van der Waals surface area contributed by atoms with Crippen molar-refractivity contribution in [2.45, 2.75) is 66.4 Å². The van der Waals surface area contributed by atoms with E-state index in [4.69, 9.17) is 4.74 Å². The van der Waals surface area contributed by atoms with Crippen LogP contribution >= 0.6 is 0 Å². The summed E-state index contributed by atoms with van der Waals surface area (Å²) in [5, 5.41) is 0. The van der Waals surface area contributed by atoms with Gasteiger partial charge in [0.2, 0.25) is 0 Å². The van der Waals surface area contributed by atoms with Gasteiger partial charge in [0.15, 0.2) is 0 Å². The maximum Gasteiger partial charge on any atom is 0.303 e. The molecule has 0 unspecified atom stereocenters. The van der Waals surface area contributed by atoms with Gasteiger partial charge in [0.25, 0.3) is 0 Å². The molecular weight excluding hydrogens is 236 g/mol. The predicted octanol–water partition coefficient (Wildman–Crippen LogP) is 4.66. The van der Waals surface area contributed by atoms with Crippen LogP contribution in [0.15, 0.2) is 23.8 Å². The van der Waals surface area contributed by atoms with Crippen molar-refractivity contribution < 1.29 is 9.53 Å². The molecule has 0 radical (unpaired) electrons.